The summed E-state index contributed by atoms with van der Waals surface area (Å²) < 4.78 is 139. The fraction of sp³-hybridized carbons (Fsp3) is 0.233. The number of H-pyrrole nitrogens is 2. The van der Waals surface area contributed by atoms with Gasteiger partial charge >= 0.3 is 26.4 Å². The van der Waals surface area contributed by atoms with Crippen molar-refractivity contribution in [3.8, 4) is 80.2 Å². The molecule has 0 bridgehead atoms. The topological polar surface area (TPSA) is 424 Å². The third kappa shape index (κ3) is 20.6. The number of fused-ring (bicyclic) bond motifs is 4. The normalized spacial score (nSPS) is 15.0. The van der Waals surface area contributed by atoms with Crippen molar-refractivity contribution in [1.82, 2.24) is 98.3 Å². The van der Waals surface area contributed by atoms with Gasteiger partial charge in [-0.2, -0.15) is 86.4 Å². The average Bonchev–Trinajstić information content (AvgIpc) is 1.63. The largest absolute Gasteiger partial charge is 0.434 e. The number of hydrogen-bond donors (Lipinski definition) is 6. The number of benzene rings is 4. The SMILES string of the molecule is C[Si](C)(C)CCOCn1ncc(NC(=O)c2cnn3cccnc23)c1-c1cc(I)ccc1OC(F)F.Cn1ncc(NC(=O)c2cnn3cccnc23)c1-c1cc(C2CC2C#N)ccc1OC(F)F.N#C[C@@H]1C[C@H]1c1ccc(OC(F)F)c(-c2[nH]ncc2NC(=O)c2cnn3cccnc23)c1.O=C(Nc1cn[nH]c1-c1cc(C2CC2)ccc1OC(F)F)c1cnn2cccnc12. The maximum absolute atomic E-state index is 13.2. The first-order valence-corrected chi connectivity index (χ1v) is 44.9. The van der Waals surface area contributed by atoms with Gasteiger partial charge in [0.25, 0.3) is 23.6 Å². The number of nitriles is 2. The summed E-state index contributed by atoms with van der Waals surface area (Å²) in [6.07, 6.45) is 27.7. The van der Waals surface area contributed by atoms with Crippen LogP contribution in [0.2, 0.25) is 25.7 Å². The first-order chi connectivity index (χ1) is 63.2. The molecule has 3 aliphatic carbocycles. The van der Waals surface area contributed by atoms with E-state index in [2.05, 4.69) is 151 Å². The van der Waals surface area contributed by atoms with Gasteiger partial charge in [-0.05, 0) is 156 Å². The summed E-state index contributed by atoms with van der Waals surface area (Å²) in [5.41, 5.74) is 9.32. The minimum absolute atomic E-state index is 0.00630. The molecule has 35 nitrogen and oxygen atoms in total. The number of ether oxygens (including phenoxy) is 5. The number of rotatable bonds is 28. The highest BCUT2D eigenvalue weighted by Gasteiger charge is 2.41. The number of carbonyl (C=O) groups is 4. The summed E-state index contributed by atoms with van der Waals surface area (Å²) in [5, 5.41) is 67.9. The Bertz CT molecular complexity index is 7010. The van der Waals surface area contributed by atoms with Crippen LogP contribution in [0.1, 0.15) is 102 Å². The van der Waals surface area contributed by atoms with Crippen molar-refractivity contribution in [3.05, 3.63) is 239 Å². The lowest BCUT2D eigenvalue weighted by atomic mass is 10.0. The Balaban J connectivity index is 0.000000128. The molecule has 131 heavy (non-hydrogen) atoms. The maximum Gasteiger partial charge on any atom is 0.387 e. The van der Waals surface area contributed by atoms with E-state index in [1.54, 1.807) is 129 Å². The number of nitrogens with one attached hydrogen (secondary N) is 6. The molecule has 4 amide bonds. The van der Waals surface area contributed by atoms with E-state index in [0.717, 1.165) is 39.1 Å². The fourth-order valence-electron chi connectivity index (χ4n) is 14.4. The number of aryl methyl sites for hydroxylation is 1. The Kier molecular flexibility index (Phi) is 26.3. The number of carbonyl (C=O) groups excluding carboxylic acids is 4. The summed E-state index contributed by atoms with van der Waals surface area (Å²) in [6, 6.07) is 31.8. The second-order valence-electron chi connectivity index (χ2n) is 31.1. The number of hydrogen-bond acceptors (Lipinski definition) is 23. The van der Waals surface area contributed by atoms with E-state index in [0.29, 0.717) is 110 Å². The van der Waals surface area contributed by atoms with Gasteiger partial charge in [0.15, 0.2) is 22.6 Å². The van der Waals surface area contributed by atoms with Crippen molar-refractivity contribution in [2.75, 3.05) is 27.9 Å². The molecule has 4 aromatic carbocycles. The molecule has 0 radical (unpaired) electrons. The molecular formula is C86H73F8IN26O9Si. The third-order valence-electron chi connectivity index (χ3n) is 21.0. The number of nitrogens with zero attached hydrogens (tertiary/aromatic N) is 20. The molecule has 45 heteroatoms. The van der Waals surface area contributed by atoms with Gasteiger partial charge in [0.05, 0.1) is 119 Å². The van der Waals surface area contributed by atoms with Gasteiger partial charge in [0, 0.05) is 109 Å². The van der Waals surface area contributed by atoms with E-state index < -0.39 is 58.1 Å². The van der Waals surface area contributed by atoms with Crippen molar-refractivity contribution < 1.29 is 78.0 Å². The standard InChI is InChI=1S/C23H25F2IN6O3Si.C22H17F2N7O2.C21H15F2N7O2.C20H16F2N6O2/c1-36(2,3)10-9-34-14-32-20(16-11-15(26)5-6-19(16)35-23(24)25)18(13-29-32)30-22(33)17-12-28-31-8-4-7-27-21(17)31;1-30-19(15-7-12(14-8-13(14)9-25)3-4-18(15)33-22(23)24)17(11-27-30)29-21(32)16-10-28-31-6-2-5-26-20(16)31;22-21(23)32-17-3-2-11(13-7-12(13)8-24)6-14(17)18-16(10-26-29-18)28-20(31)15-9-27-30-5-1-4-25-19(15)30;21-20(22)30-16-5-4-12(11-2-3-11)8-13(16)17-15(10-24-27-17)26-19(29)14-9-25-28-7-1-6-23-18(14)28/h4-8,11-13,23H,9-10,14H2,1-3H3,(H,30,33);2-7,10-11,13-14,22H,8H2,1H3,(H,29,32);1-6,9-10,12-13,21H,7H2,(H,26,29)(H,28,31);1,4-11,20H,2-3H2,(H,24,27)(H,26,29)/t;;12-,13-;/m..0./s1. The van der Waals surface area contributed by atoms with Crippen LogP contribution in [0.15, 0.2) is 196 Å². The van der Waals surface area contributed by atoms with Gasteiger partial charge in [-0.1, -0.05) is 37.8 Å². The van der Waals surface area contributed by atoms with Crippen molar-refractivity contribution in [2.24, 2.45) is 18.9 Å². The predicted molar refractivity (Wildman–Crippen MR) is 466 cm³/mol. The van der Waals surface area contributed by atoms with Gasteiger partial charge in [-0.25, -0.2) is 42.7 Å². The van der Waals surface area contributed by atoms with Crippen LogP contribution in [0.5, 0.6) is 23.0 Å². The smallest absolute Gasteiger partial charge is 0.387 e. The van der Waals surface area contributed by atoms with Crippen molar-refractivity contribution in [2.45, 2.75) is 102 Å². The lowest BCUT2D eigenvalue weighted by Gasteiger charge is -2.17. The lowest BCUT2D eigenvalue weighted by molar-refractivity contribution is -0.0501. The quantitative estimate of drug-likeness (QED) is 0.0115. The van der Waals surface area contributed by atoms with Gasteiger partial charge in [0.2, 0.25) is 0 Å². The Hall–Kier alpha value is -15.4. The molecule has 3 saturated carbocycles. The minimum atomic E-state index is -3.03. The van der Waals surface area contributed by atoms with Gasteiger partial charge < -0.3 is 45.0 Å². The number of halogens is 9. The zero-order valence-corrected chi connectivity index (χ0v) is 72.3. The number of anilines is 4. The molecule has 6 N–H and O–H groups in total. The summed E-state index contributed by atoms with van der Waals surface area (Å²) in [5.74, 6) is -1.76. The van der Waals surface area contributed by atoms with E-state index in [1.165, 1.54) is 101 Å². The molecule has 2 unspecified atom stereocenters. The van der Waals surface area contributed by atoms with E-state index in [9.17, 15) is 59.6 Å². The maximum atomic E-state index is 13.2. The number of alkyl halides is 8. The van der Waals surface area contributed by atoms with Crippen molar-refractivity contribution in [3.63, 3.8) is 0 Å². The summed E-state index contributed by atoms with van der Waals surface area (Å²) in [4.78, 5) is 68.6. The van der Waals surface area contributed by atoms with Crippen molar-refractivity contribution in [1.29, 1.82) is 10.5 Å². The van der Waals surface area contributed by atoms with Crippen LogP contribution in [0.25, 0.3) is 67.6 Å². The molecule has 3 fully saturated rings. The molecule has 12 aromatic heterocycles. The van der Waals surface area contributed by atoms with Gasteiger partial charge in [-0.3, -0.25) is 34.1 Å². The van der Waals surface area contributed by atoms with Crippen LogP contribution in [0.4, 0.5) is 57.9 Å². The predicted octanol–water partition coefficient (Wildman–Crippen LogP) is 16.4. The first-order valence-electron chi connectivity index (χ1n) is 40.2. The molecule has 16 aromatic rings. The van der Waals surface area contributed by atoms with Crippen LogP contribution in [0.3, 0.4) is 0 Å². The average molecular weight is 1920 g/mol. The zero-order chi connectivity index (χ0) is 91.9. The molecule has 0 spiro atoms. The van der Waals surface area contributed by atoms with Crippen LogP contribution in [-0.4, -0.2) is 163 Å². The van der Waals surface area contributed by atoms with E-state index in [1.807, 2.05) is 0 Å². The third-order valence-corrected chi connectivity index (χ3v) is 23.4. The zero-order valence-electron chi connectivity index (χ0n) is 69.1. The monoisotopic (exact) mass is 1920 g/mol. The van der Waals surface area contributed by atoms with E-state index >= 15 is 0 Å². The first kappa shape index (κ1) is 89.0. The van der Waals surface area contributed by atoms with Crippen molar-refractivity contribution >= 4 is 99.6 Å². The van der Waals surface area contributed by atoms with Crippen LogP contribution < -0.4 is 40.2 Å². The molecule has 12 heterocycles. The highest BCUT2D eigenvalue weighted by Crippen LogP contribution is 2.52. The lowest BCUT2D eigenvalue weighted by Crippen LogP contribution is -2.22. The highest BCUT2D eigenvalue weighted by molar-refractivity contribution is 14.1. The van der Waals surface area contributed by atoms with E-state index in [-0.39, 0.29) is 81.3 Å². The molecule has 0 aliphatic heterocycles. The molecule has 19 rings (SSSR count). The number of amides is 4. The van der Waals surface area contributed by atoms with Crippen LogP contribution in [0, 0.1) is 38.1 Å². The van der Waals surface area contributed by atoms with Crippen LogP contribution in [-0.2, 0) is 18.5 Å². The van der Waals surface area contributed by atoms with Crippen LogP contribution >= 0.6 is 22.6 Å². The molecule has 0 saturated heterocycles. The van der Waals surface area contributed by atoms with Gasteiger partial charge in [0.1, 0.15) is 52.0 Å². The Morgan fingerprint density at radius 2 is 0.840 bits per heavy atom. The molecule has 4 atom stereocenters. The fourth-order valence-corrected chi connectivity index (χ4v) is 15.6. The summed E-state index contributed by atoms with van der Waals surface area (Å²) >= 11 is 2.08. The molecule has 3 aliphatic rings. The number of aromatic nitrogens is 20. The summed E-state index contributed by atoms with van der Waals surface area (Å²) in [7, 11) is 0.327. The minimum Gasteiger partial charge on any atom is -0.434 e. The summed E-state index contributed by atoms with van der Waals surface area (Å²) in [6.45, 7) is -4.69. The Labute approximate surface area is 750 Å². The highest BCUT2D eigenvalue weighted by atomic mass is 127. The second kappa shape index (κ2) is 38.7. The Morgan fingerprint density at radius 1 is 0.473 bits per heavy atom. The van der Waals surface area contributed by atoms with Gasteiger partial charge in [-0.15, -0.1) is 0 Å². The molecule has 668 valence electrons. The molecular weight excluding hydrogens is 1850 g/mol. The number of aromatic amines is 2. The Morgan fingerprint density at radius 3 is 1.24 bits per heavy atom. The second-order valence-corrected chi connectivity index (χ2v) is 37.9. The van der Waals surface area contributed by atoms with E-state index in [4.69, 9.17) is 24.2 Å².